The van der Waals surface area contributed by atoms with E-state index >= 15 is 0 Å². The summed E-state index contributed by atoms with van der Waals surface area (Å²) in [5, 5.41) is 10.2. The Morgan fingerprint density at radius 3 is 2.84 bits per heavy atom. The third kappa shape index (κ3) is 3.23. The lowest BCUT2D eigenvalue weighted by Crippen LogP contribution is -2.12. The lowest BCUT2D eigenvalue weighted by molar-refractivity contribution is 0.0698. The number of carbonyl (C=O) groups is 1. The van der Waals surface area contributed by atoms with E-state index in [2.05, 4.69) is 15.0 Å². The average molecular weight is 355 g/mol. The lowest BCUT2D eigenvalue weighted by atomic mass is 9.94. The summed E-state index contributed by atoms with van der Waals surface area (Å²) in [6.45, 7) is 2.01. The van der Waals surface area contributed by atoms with Gasteiger partial charge in [-0.25, -0.2) is 14.8 Å². The molecule has 3 rings (SSSR count). The monoisotopic (exact) mass is 354 g/mol. The van der Waals surface area contributed by atoms with Crippen molar-refractivity contribution in [1.29, 1.82) is 0 Å². The first-order valence-corrected chi connectivity index (χ1v) is 8.13. The van der Waals surface area contributed by atoms with E-state index in [9.17, 15) is 9.90 Å². The van der Waals surface area contributed by atoms with Crippen molar-refractivity contribution in [2.75, 3.05) is 5.73 Å². The second-order valence-electron chi connectivity index (χ2n) is 5.69. The molecule has 6 nitrogen and oxygen atoms in total. The molecule has 0 spiro atoms. The highest BCUT2D eigenvalue weighted by Crippen LogP contribution is 2.32. The van der Waals surface area contributed by atoms with Gasteiger partial charge in [-0.3, -0.25) is 0 Å². The molecule has 25 heavy (non-hydrogen) atoms. The molecule has 0 fully saturated rings. The number of aromatic nitrogens is 3. The fourth-order valence-corrected chi connectivity index (χ4v) is 2.95. The molecular weight excluding hydrogens is 338 g/mol. The van der Waals surface area contributed by atoms with Gasteiger partial charge >= 0.3 is 5.97 Å². The van der Waals surface area contributed by atoms with Crippen LogP contribution < -0.4 is 11.2 Å². The van der Waals surface area contributed by atoms with E-state index in [0.29, 0.717) is 22.1 Å². The highest BCUT2D eigenvalue weighted by molar-refractivity contribution is 6.35. The Hall–Kier alpha value is -2.80. The number of aryl methyl sites for hydroxylation is 1. The molecule has 8 heteroatoms. The van der Waals surface area contributed by atoms with Crippen molar-refractivity contribution in [2.45, 2.75) is 13.3 Å². The molecule has 0 saturated heterocycles. The van der Waals surface area contributed by atoms with Crippen molar-refractivity contribution in [1.82, 2.24) is 15.0 Å². The Morgan fingerprint density at radius 1 is 1.40 bits per heavy atom. The Balaban J connectivity index is 2.25. The van der Waals surface area contributed by atoms with Crippen molar-refractivity contribution in [3.05, 3.63) is 46.6 Å². The summed E-state index contributed by atoms with van der Waals surface area (Å²) in [6.07, 6.45) is 2.36. The van der Waals surface area contributed by atoms with E-state index in [1.54, 1.807) is 24.4 Å². The summed E-state index contributed by atoms with van der Waals surface area (Å²) in [6, 6.07) is 7.03. The Labute approximate surface area is 150 Å². The van der Waals surface area contributed by atoms with E-state index in [1.165, 1.54) is 0 Å². The number of anilines is 1. The Bertz CT molecular complexity index is 971. The molecule has 2 aromatic heterocycles. The fourth-order valence-electron chi connectivity index (χ4n) is 2.78. The number of hydrogen-bond donors (Lipinski definition) is 3. The second kappa shape index (κ2) is 6.60. The quantitative estimate of drug-likeness (QED) is 0.621. The first-order valence-electron chi connectivity index (χ1n) is 7.75. The standard InChI is InChI=1S/C17H16BClN4O2/c1-2-8-3-4-9(19)5-10(8)14-11(16(24)25)6-13(22-14)15-12(18)7-21-17(20)23-15/h3-7,22H,2,18H2,1H3,(H,24,25)(H2,20,21,23). The van der Waals surface area contributed by atoms with Gasteiger partial charge in [0, 0.05) is 16.8 Å². The minimum absolute atomic E-state index is 0.130. The average Bonchev–Trinajstić information content (AvgIpc) is 3.02. The van der Waals surface area contributed by atoms with Crippen LogP contribution in [0.3, 0.4) is 0 Å². The molecule has 0 bridgehead atoms. The number of carboxylic acid groups (broad SMARTS) is 1. The van der Waals surface area contributed by atoms with Crippen LogP contribution >= 0.6 is 11.6 Å². The number of aromatic carboxylic acids is 1. The molecule has 0 atom stereocenters. The van der Waals surface area contributed by atoms with Crippen molar-refractivity contribution in [2.24, 2.45) is 0 Å². The van der Waals surface area contributed by atoms with E-state index < -0.39 is 5.97 Å². The van der Waals surface area contributed by atoms with Gasteiger partial charge in [-0.15, -0.1) is 0 Å². The smallest absolute Gasteiger partial charge is 0.337 e. The van der Waals surface area contributed by atoms with Gasteiger partial charge in [0.05, 0.1) is 22.6 Å². The number of nitrogens with one attached hydrogen (secondary N) is 1. The molecule has 0 aliphatic carbocycles. The molecule has 0 amide bonds. The van der Waals surface area contributed by atoms with Crippen LogP contribution in [-0.2, 0) is 6.42 Å². The summed E-state index contributed by atoms with van der Waals surface area (Å²) in [5.74, 6) is -0.898. The van der Waals surface area contributed by atoms with E-state index in [4.69, 9.17) is 17.3 Å². The second-order valence-corrected chi connectivity index (χ2v) is 6.13. The van der Waals surface area contributed by atoms with Gasteiger partial charge in [-0.1, -0.05) is 24.6 Å². The molecule has 0 unspecified atom stereocenters. The first-order chi connectivity index (χ1) is 11.9. The lowest BCUT2D eigenvalue weighted by Gasteiger charge is -2.08. The number of carboxylic acids is 1. The highest BCUT2D eigenvalue weighted by atomic mass is 35.5. The maximum absolute atomic E-state index is 11.8. The van der Waals surface area contributed by atoms with Crippen LogP contribution in [0.25, 0.3) is 22.6 Å². The molecular formula is C17H16BClN4O2. The fraction of sp³-hybridized carbons (Fsp3) is 0.118. The topological polar surface area (TPSA) is 105 Å². The largest absolute Gasteiger partial charge is 0.478 e. The number of nitrogens with two attached hydrogens (primary N) is 1. The SMILES string of the molecule is Bc1cnc(N)nc1-c1cc(C(=O)O)c(-c2cc(Cl)ccc2CC)[nH]1. The molecule has 3 aromatic rings. The third-order valence-corrected chi connectivity index (χ3v) is 4.25. The van der Waals surface area contributed by atoms with Crippen LogP contribution in [0.2, 0.25) is 5.02 Å². The van der Waals surface area contributed by atoms with Gasteiger partial charge in [-0.2, -0.15) is 0 Å². The van der Waals surface area contributed by atoms with Crippen LogP contribution in [0.15, 0.2) is 30.5 Å². The minimum Gasteiger partial charge on any atom is -0.478 e. The summed E-state index contributed by atoms with van der Waals surface area (Å²) >= 11 is 6.13. The van der Waals surface area contributed by atoms with Crippen molar-refractivity contribution in [3.8, 4) is 22.6 Å². The first kappa shape index (κ1) is 17.0. The Morgan fingerprint density at radius 2 is 2.16 bits per heavy atom. The molecule has 2 heterocycles. The van der Waals surface area contributed by atoms with Crippen LogP contribution in [0, 0.1) is 0 Å². The van der Waals surface area contributed by atoms with Crippen LogP contribution in [0.4, 0.5) is 5.95 Å². The number of hydrogen-bond acceptors (Lipinski definition) is 4. The van der Waals surface area contributed by atoms with Gasteiger partial charge in [0.1, 0.15) is 7.85 Å². The van der Waals surface area contributed by atoms with Gasteiger partial charge in [0.15, 0.2) is 0 Å². The predicted molar refractivity (Wildman–Crippen MR) is 101 cm³/mol. The van der Waals surface area contributed by atoms with Gasteiger partial charge in [-0.05, 0) is 35.6 Å². The van der Waals surface area contributed by atoms with E-state index in [0.717, 1.165) is 23.0 Å². The van der Waals surface area contributed by atoms with Crippen molar-refractivity contribution in [3.63, 3.8) is 0 Å². The number of halogens is 1. The van der Waals surface area contributed by atoms with Crippen LogP contribution in [-0.4, -0.2) is 33.9 Å². The van der Waals surface area contributed by atoms with Crippen LogP contribution in [0.5, 0.6) is 0 Å². The summed E-state index contributed by atoms with van der Waals surface area (Å²) in [5.41, 5.74) is 10.0. The molecule has 126 valence electrons. The third-order valence-electron chi connectivity index (χ3n) is 4.02. The predicted octanol–water partition coefficient (Wildman–Crippen LogP) is 1.89. The normalized spacial score (nSPS) is 10.8. The number of nitrogens with zero attached hydrogens (tertiary/aromatic N) is 2. The number of benzene rings is 1. The number of nitrogen functional groups attached to an aromatic ring is 1. The molecule has 1 aromatic carbocycles. The van der Waals surface area contributed by atoms with Crippen molar-refractivity contribution >= 4 is 36.8 Å². The minimum atomic E-state index is -1.03. The highest BCUT2D eigenvalue weighted by Gasteiger charge is 2.20. The van der Waals surface area contributed by atoms with Crippen molar-refractivity contribution < 1.29 is 9.90 Å². The zero-order valence-electron chi connectivity index (χ0n) is 13.8. The molecule has 0 saturated carbocycles. The number of aromatic amines is 1. The van der Waals surface area contributed by atoms with E-state index in [-0.39, 0.29) is 11.5 Å². The molecule has 4 N–H and O–H groups in total. The number of rotatable bonds is 4. The van der Waals surface area contributed by atoms with Gasteiger partial charge < -0.3 is 15.8 Å². The summed E-state index contributed by atoms with van der Waals surface area (Å²) < 4.78 is 0. The molecule has 0 aliphatic rings. The summed E-state index contributed by atoms with van der Waals surface area (Å²) in [7, 11) is 1.84. The molecule has 0 radical (unpaired) electrons. The maximum atomic E-state index is 11.8. The zero-order valence-corrected chi connectivity index (χ0v) is 14.6. The number of H-pyrrole nitrogens is 1. The van der Waals surface area contributed by atoms with Gasteiger partial charge in [0.25, 0.3) is 0 Å². The zero-order chi connectivity index (χ0) is 18.1. The van der Waals surface area contributed by atoms with Gasteiger partial charge in [0.2, 0.25) is 5.95 Å². The van der Waals surface area contributed by atoms with E-state index in [1.807, 2.05) is 20.8 Å². The van der Waals surface area contributed by atoms with Crippen LogP contribution in [0.1, 0.15) is 22.8 Å². The maximum Gasteiger partial charge on any atom is 0.337 e. The molecule has 0 aliphatic heterocycles. The Kier molecular flexibility index (Phi) is 4.50. The summed E-state index contributed by atoms with van der Waals surface area (Å²) in [4.78, 5) is 23.1.